The minimum absolute atomic E-state index is 0.278. The first-order valence-corrected chi connectivity index (χ1v) is 8.45. The van der Waals surface area contributed by atoms with Crippen LogP contribution in [0.25, 0.3) is 0 Å². The summed E-state index contributed by atoms with van der Waals surface area (Å²) in [6.45, 7) is 0. The van der Waals surface area contributed by atoms with Crippen molar-refractivity contribution in [1.82, 2.24) is 0 Å². The topological polar surface area (TPSA) is 38.3 Å². The van der Waals surface area contributed by atoms with Gasteiger partial charge in [-0.15, -0.1) is 0 Å². The second kappa shape index (κ2) is 7.79. The first kappa shape index (κ1) is 17.6. The van der Waals surface area contributed by atoms with E-state index in [0.29, 0.717) is 37.8 Å². The Morgan fingerprint density at radius 3 is 2.24 bits per heavy atom. The average Bonchev–Trinajstić information content (AvgIpc) is 2.59. The number of ether oxygens (including phenoxy) is 1. The SMILES string of the molecule is O=C(Nc1ccc(Oc2ccc(Cl)cc2Cl)cc1)c1ccccc1Cl. The lowest BCUT2D eigenvalue weighted by Crippen LogP contribution is -2.12. The quantitative estimate of drug-likeness (QED) is 0.537. The van der Waals surface area contributed by atoms with Gasteiger partial charge in [0.25, 0.3) is 5.91 Å². The van der Waals surface area contributed by atoms with E-state index >= 15 is 0 Å². The van der Waals surface area contributed by atoms with E-state index in [2.05, 4.69) is 5.32 Å². The van der Waals surface area contributed by atoms with Crippen molar-refractivity contribution < 1.29 is 9.53 Å². The number of hydrogen-bond acceptors (Lipinski definition) is 2. The van der Waals surface area contributed by atoms with Gasteiger partial charge in [0.15, 0.2) is 0 Å². The molecule has 0 radical (unpaired) electrons. The Hall–Kier alpha value is -2.20. The Morgan fingerprint density at radius 1 is 0.840 bits per heavy atom. The molecule has 6 heteroatoms. The van der Waals surface area contributed by atoms with Crippen LogP contribution in [0.3, 0.4) is 0 Å². The lowest BCUT2D eigenvalue weighted by atomic mass is 10.2. The first-order valence-electron chi connectivity index (χ1n) is 7.32. The number of anilines is 1. The van der Waals surface area contributed by atoms with Gasteiger partial charge in [-0.25, -0.2) is 0 Å². The van der Waals surface area contributed by atoms with Crippen LogP contribution >= 0.6 is 34.8 Å². The zero-order chi connectivity index (χ0) is 17.8. The standard InChI is InChI=1S/C19H12Cl3NO2/c20-12-5-10-18(17(22)11-12)25-14-8-6-13(7-9-14)23-19(24)15-3-1-2-4-16(15)21/h1-11H,(H,23,24). The minimum atomic E-state index is -0.278. The summed E-state index contributed by atoms with van der Waals surface area (Å²) < 4.78 is 5.70. The fourth-order valence-electron chi connectivity index (χ4n) is 2.14. The highest BCUT2D eigenvalue weighted by molar-refractivity contribution is 6.35. The van der Waals surface area contributed by atoms with Gasteiger partial charge >= 0.3 is 0 Å². The molecule has 0 bridgehead atoms. The van der Waals surface area contributed by atoms with Crippen molar-refractivity contribution in [3.63, 3.8) is 0 Å². The van der Waals surface area contributed by atoms with Crippen LogP contribution in [0, 0.1) is 0 Å². The van der Waals surface area contributed by atoms with E-state index in [9.17, 15) is 4.79 Å². The van der Waals surface area contributed by atoms with Crippen LogP contribution in [0.5, 0.6) is 11.5 Å². The molecule has 1 amide bonds. The summed E-state index contributed by atoms with van der Waals surface area (Å²) in [6.07, 6.45) is 0. The Labute approximate surface area is 160 Å². The van der Waals surface area contributed by atoms with E-state index in [1.54, 1.807) is 66.7 Å². The number of halogens is 3. The third-order valence-electron chi connectivity index (χ3n) is 3.35. The molecular formula is C19H12Cl3NO2. The summed E-state index contributed by atoms with van der Waals surface area (Å²) in [5.41, 5.74) is 1.04. The number of nitrogens with one attached hydrogen (secondary N) is 1. The lowest BCUT2D eigenvalue weighted by Gasteiger charge is -2.10. The van der Waals surface area contributed by atoms with Gasteiger partial charge in [-0.1, -0.05) is 46.9 Å². The molecule has 1 N–H and O–H groups in total. The zero-order valence-electron chi connectivity index (χ0n) is 12.8. The number of carbonyl (C=O) groups is 1. The maximum absolute atomic E-state index is 12.2. The number of amides is 1. The fraction of sp³-hybridized carbons (Fsp3) is 0. The predicted octanol–water partition coefficient (Wildman–Crippen LogP) is 6.69. The summed E-state index contributed by atoms with van der Waals surface area (Å²) in [5, 5.41) is 4.14. The van der Waals surface area contributed by atoms with Gasteiger partial charge in [0.05, 0.1) is 15.6 Å². The zero-order valence-corrected chi connectivity index (χ0v) is 15.1. The van der Waals surface area contributed by atoms with E-state index in [1.807, 2.05) is 0 Å². The number of benzene rings is 3. The average molecular weight is 393 g/mol. The molecule has 3 aromatic carbocycles. The van der Waals surface area contributed by atoms with E-state index in [0.717, 1.165) is 0 Å². The summed E-state index contributed by atoms with van der Waals surface area (Å²) in [6, 6.07) is 18.8. The molecule has 0 saturated heterocycles. The van der Waals surface area contributed by atoms with Crippen LogP contribution < -0.4 is 10.1 Å². The molecule has 0 aliphatic rings. The van der Waals surface area contributed by atoms with Gasteiger partial charge in [-0.3, -0.25) is 4.79 Å². The Morgan fingerprint density at radius 2 is 1.56 bits per heavy atom. The van der Waals surface area contributed by atoms with Crippen LogP contribution in [0.4, 0.5) is 5.69 Å². The summed E-state index contributed by atoms with van der Waals surface area (Å²) >= 11 is 18.0. The molecule has 3 nitrogen and oxygen atoms in total. The predicted molar refractivity (Wildman–Crippen MR) is 102 cm³/mol. The number of hydrogen-bond donors (Lipinski definition) is 1. The molecule has 0 unspecified atom stereocenters. The summed E-state index contributed by atoms with van der Waals surface area (Å²) in [5.74, 6) is 0.805. The van der Waals surface area contributed by atoms with Gasteiger partial charge in [0.1, 0.15) is 11.5 Å². The normalized spacial score (nSPS) is 10.4. The monoisotopic (exact) mass is 391 g/mol. The Bertz CT molecular complexity index is 911. The molecule has 25 heavy (non-hydrogen) atoms. The van der Waals surface area contributed by atoms with Crippen molar-refractivity contribution in [3.8, 4) is 11.5 Å². The highest BCUT2D eigenvalue weighted by Gasteiger charge is 2.10. The van der Waals surface area contributed by atoms with E-state index in [4.69, 9.17) is 39.5 Å². The van der Waals surface area contributed by atoms with Gasteiger partial charge in [-0.05, 0) is 54.6 Å². The largest absolute Gasteiger partial charge is 0.456 e. The third kappa shape index (κ3) is 4.45. The summed E-state index contributed by atoms with van der Waals surface area (Å²) in [4.78, 5) is 12.2. The highest BCUT2D eigenvalue weighted by Crippen LogP contribution is 2.32. The first-order chi connectivity index (χ1) is 12.0. The van der Waals surface area contributed by atoms with Crippen molar-refractivity contribution in [2.45, 2.75) is 0 Å². The van der Waals surface area contributed by atoms with Crippen molar-refractivity contribution in [1.29, 1.82) is 0 Å². The van der Waals surface area contributed by atoms with Crippen LogP contribution in [0.2, 0.25) is 15.1 Å². The molecule has 126 valence electrons. The maximum Gasteiger partial charge on any atom is 0.257 e. The Balaban J connectivity index is 1.70. The van der Waals surface area contributed by atoms with Gasteiger partial charge in [-0.2, -0.15) is 0 Å². The molecule has 0 aliphatic heterocycles. The summed E-state index contributed by atoms with van der Waals surface area (Å²) in [7, 11) is 0. The van der Waals surface area contributed by atoms with Crippen molar-refractivity contribution in [3.05, 3.63) is 87.4 Å². The molecular weight excluding hydrogens is 381 g/mol. The maximum atomic E-state index is 12.2. The molecule has 0 saturated carbocycles. The molecule has 0 heterocycles. The molecule has 3 rings (SSSR count). The van der Waals surface area contributed by atoms with Crippen molar-refractivity contribution in [2.75, 3.05) is 5.32 Å². The molecule has 0 aliphatic carbocycles. The van der Waals surface area contributed by atoms with Crippen LogP contribution in [0.1, 0.15) is 10.4 Å². The van der Waals surface area contributed by atoms with Crippen molar-refractivity contribution >= 4 is 46.4 Å². The number of rotatable bonds is 4. The minimum Gasteiger partial charge on any atom is -0.456 e. The van der Waals surface area contributed by atoms with Gasteiger partial charge in [0, 0.05) is 10.7 Å². The van der Waals surface area contributed by atoms with E-state index < -0.39 is 0 Å². The molecule has 0 aromatic heterocycles. The van der Waals surface area contributed by atoms with E-state index in [-0.39, 0.29) is 5.91 Å². The highest BCUT2D eigenvalue weighted by atomic mass is 35.5. The van der Waals surface area contributed by atoms with E-state index in [1.165, 1.54) is 0 Å². The van der Waals surface area contributed by atoms with Crippen LogP contribution in [-0.2, 0) is 0 Å². The second-order valence-electron chi connectivity index (χ2n) is 5.14. The van der Waals surface area contributed by atoms with Gasteiger partial charge < -0.3 is 10.1 Å². The molecule has 0 fully saturated rings. The smallest absolute Gasteiger partial charge is 0.257 e. The lowest BCUT2D eigenvalue weighted by molar-refractivity contribution is 0.102. The molecule has 0 spiro atoms. The third-order valence-corrected chi connectivity index (χ3v) is 4.21. The second-order valence-corrected chi connectivity index (χ2v) is 6.39. The van der Waals surface area contributed by atoms with Crippen molar-refractivity contribution in [2.24, 2.45) is 0 Å². The fourth-order valence-corrected chi connectivity index (χ4v) is 2.80. The molecule has 3 aromatic rings. The number of carbonyl (C=O) groups excluding carboxylic acids is 1. The Kier molecular flexibility index (Phi) is 5.49. The van der Waals surface area contributed by atoms with Crippen LogP contribution in [-0.4, -0.2) is 5.91 Å². The van der Waals surface area contributed by atoms with Crippen LogP contribution in [0.15, 0.2) is 66.7 Å². The molecule has 0 atom stereocenters. The van der Waals surface area contributed by atoms with Gasteiger partial charge in [0.2, 0.25) is 0 Å².